The van der Waals surface area contributed by atoms with Crippen LogP contribution in [-0.2, 0) is 10.3 Å². The Balaban J connectivity index is 1.55. The summed E-state index contributed by atoms with van der Waals surface area (Å²) >= 11 is 0. The Hall–Kier alpha value is -3.86. The molecule has 1 heterocycles. The Morgan fingerprint density at radius 3 is 2.17 bits per heavy atom. The number of rotatable bonds is 4. The molecule has 1 aliphatic rings. The van der Waals surface area contributed by atoms with Crippen LogP contribution in [0.1, 0.15) is 45.6 Å². The molecule has 1 amide bonds. The van der Waals surface area contributed by atoms with E-state index < -0.39 is 17.2 Å². The molecular formula is C30H29NO4. The Morgan fingerprint density at radius 2 is 1.54 bits per heavy atom. The molecule has 3 aromatic carbocycles. The number of alkyl carbamates (subject to hydrolysis) is 1. The van der Waals surface area contributed by atoms with Gasteiger partial charge in [0.2, 0.25) is 5.43 Å². The van der Waals surface area contributed by atoms with Crippen molar-refractivity contribution in [1.29, 1.82) is 0 Å². The maximum atomic E-state index is 13.5. The minimum atomic E-state index is -0.555. The summed E-state index contributed by atoms with van der Waals surface area (Å²) in [5, 5.41) is 3.66. The fourth-order valence-electron chi connectivity index (χ4n) is 4.67. The van der Waals surface area contributed by atoms with Crippen LogP contribution in [0.2, 0.25) is 0 Å². The Morgan fingerprint density at radius 1 is 0.886 bits per heavy atom. The second-order valence-electron chi connectivity index (χ2n) is 10.1. The van der Waals surface area contributed by atoms with Gasteiger partial charge in [-0.3, -0.25) is 4.79 Å². The fourth-order valence-corrected chi connectivity index (χ4v) is 4.67. The van der Waals surface area contributed by atoms with Gasteiger partial charge in [0.15, 0.2) is 0 Å². The third-order valence-electron chi connectivity index (χ3n) is 6.51. The molecule has 1 saturated carbocycles. The van der Waals surface area contributed by atoms with E-state index in [1.54, 1.807) is 6.07 Å². The van der Waals surface area contributed by atoms with Gasteiger partial charge in [-0.15, -0.1) is 0 Å². The lowest BCUT2D eigenvalue weighted by Crippen LogP contribution is -2.52. The van der Waals surface area contributed by atoms with E-state index in [9.17, 15) is 9.59 Å². The van der Waals surface area contributed by atoms with E-state index in [2.05, 4.69) is 5.32 Å². The van der Waals surface area contributed by atoms with Crippen molar-refractivity contribution in [2.75, 3.05) is 0 Å². The number of para-hydroxylation sites is 1. The molecule has 178 valence electrons. The molecule has 1 aliphatic carbocycles. The van der Waals surface area contributed by atoms with Gasteiger partial charge in [-0.05, 0) is 63.3 Å². The highest BCUT2D eigenvalue weighted by molar-refractivity contribution is 5.89. The van der Waals surface area contributed by atoms with Gasteiger partial charge in [0.05, 0.1) is 16.5 Å². The summed E-state index contributed by atoms with van der Waals surface area (Å²) < 4.78 is 11.8. The van der Waals surface area contributed by atoms with Crippen molar-refractivity contribution in [3.05, 3.63) is 94.6 Å². The van der Waals surface area contributed by atoms with Crippen molar-refractivity contribution in [2.24, 2.45) is 0 Å². The van der Waals surface area contributed by atoms with Gasteiger partial charge in [0, 0.05) is 5.56 Å². The highest BCUT2D eigenvalue weighted by Gasteiger charge is 2.41. The second-order valence-corrected chi connectivity index (χ2v) is 10.1. The third-order valence-corrected chi connectivity index (χ3v) is 6.51. The predicted molar refractivity (Wildman–Crippen MR) is 138 cm³/mol. The van der Waals surface area contributed by atoms with Crippen LogP contribution in [0.4, 0.5) is 4.79 Å². The molecule has 5 nitrogen and oxygen atoms in total. The molecule has 0 unspecified atom stereocenters. The van der Waals surface area contributed by atoms with Crippen LogP contribution in [0.3, 0.4) is 0 Å². The number of ether oxygens (including phenoxy) is 1. The Kier molecular flexibility index (Phi) is 5.72. The lowest BCUT2D eigenvalue weighted by molar-refractivity contribution is 0.0377. The van der Waals surface area contributed by atoms with Crippen molar-refractivity contribution in [3.63, 3.8) is 0 Å². The van der Waals surface area contributed by atoms with E-state index in [1.165, 1.54) is 0 Å². The number of amides is 1. The van der Waals surface area contributed by atoms with Crippen LogP contribution < -0.4 is 10.7 Å². The SMILES string of the molecule is CC(C)(C)OC(=O)NC1(c2ccc(-c3oc4ccccc4c(=O)c3-c3ccccc3)cc2)CCC1. The minimum absolute atomic E-state index is 0.0563. The van der Waals surface area contributed by atoms with Crippen LogP contribution in [0.15, 0.2) is 88.1 Å². The van der Waals surface area contributed by atoms with E-state index in [0.29, 0.717) is 22.3 Å². The molecule has 1 aromatic heterocycles. The molecule has 35 heavy (non-hydrogen) atoms. The topological polar surface area (TPSA) is 68.5 Å². The highest BCUT2D eigenvalue weighted by atomic mass is 16.6. The average molecular weight is 468 g/mol. The van der Waals surface area contributed by atoms with Gasteiger partial charge >= 0.3 is 6.09 Å². The maximum Gasteiger partial charge on any atom is 0.408 e. The van der Waals surface area contributed by atoms with Crippen molar-refractivity contribution in [3.8, 4) is 22.5 Å². The molecule has 0 spiro atoms. The number of nitrogens with one attached hydrogen (secondary N) is 1. The van der Waals surface area contributed by atoms with Crippen molar-refractivity contribution >= 4 is 17.1 Å². The molecule has 1 fully saturated rings. The van der Waals surface area contributed by atoms with Crippen molar-refractivity contribution in [2.45, 2.75) is 51.2 Å². The molecule has 0 aliphatic heterocycles. The maximum absolute atomic E-state index is 13.5. The molecule has 4 aromatic rings. The van der Waals surface area contributed by atoms with Gasteiger partial charge in [0.25, 0.3) is 0 Å². The number of benzene rings is 3. The first-order chi connectivity index (χ1) is 16.8. The Bertz CT molecular complexity index is 1430. The summed E-state index contributed by atoms with van der Waals surface area (Å²) in [5.41, 5.74) is 2.69. The van der Waals surface area contributed by atoms with Crippen LogP contribution >= 0.6 is 0 Å². The standard InChI is InChI=1S/C30H29NO4/c1-29(2,3)35-28(33)31-30(18-9-19-30)22-16-14-21(15-17-22)27-25(20-10-5-4-6-11-20)26(32)23-12-7-8-13-24(23)34-27/h4-8,10-17H,9,18-19H2,1-3H3,(H,31,33). The lowest BCUT2D eigenvalue weighted by Gasteiger charge is -2.43. The summed E-state index contributed by atoms with van der Waals surface area (Å²) in [7, 11) is 0. The minimum Gasteiger partial charge on any atom is -0.455 e. The second kappa shape index (κ2) is 8.73. The molecular weight excluding hydrogens is 438 g/mol. The summed E-state index contributed by atoms with van der Waals surface area (Å²) in [5.74, 6) is 0.536. The predicted octanol–water partition coefficient (Wildman–Crippen LogP) is 7.03. The lowest BCUT2D eigenvalue weighted by atomic mass is 9.71. The Labute approximate surface area is 204 Å². The molecule has 0 bridgehead atoms. The molecule has 1 N–H and O–H groups in total. The van der Waals surface area contributed by atoms with E-state index >= 15 is 0 Å². The van der Waals surface area contributed by atoms with E-state index in [4.69, 9.17) is 9.15 Å². The molecule has 5 rings (SSSR count). The number of hydrogen-bond acceptors (Lipinski definition) is 4. The summed E-state index contributed by atoms with van der Waals surface area (Å²) in [6, 6.07) is 24.9. The van der Waals surface area contributed by atoms with Gasteiger partial charge < -0.3 is 14.5 Å². The quantitative estimate of drug-likeness (QED) is 0.350. The van der Waals surface area contributed by atoms with Gasteiger partial charge in [-0.1, -0.05) is 66.7 Å². The normalized spacial score (nSPS) is 14.8. The zero-order chi connectivity index (χ0) is 24.6. The monoisotopic (exact) mass is 467 g/mol. The first-order valence-electron chi connectivity index (χ1n) is 12.0. The van der Waals surface area contributed by atoms with Crippen molar-refractivity contribution < 1.29 is 13.9 Å². The number of hydrogen-bond donors (Lipinski definition) is 1. The summed E-state index contributed by atoms with van der Waals surface area (Å²) in [6.07, 6.45) is 2.33. The van der Waals surface area contributed by atoms with Crippen LogP contribution in [0.25, 0.3) is 33.4 Å². The average Bonchev–Trinajstić information content (AvgIpc) is 2.81. The third kappa shape index (κ3) is 4.46. The van der Waals surface area contributed by atoms with Gasteiger partial charge in [0.1, 0.15) is 16.9 Å². The van der Waals surface area contributed by atoms with Gasteiger partial charge in [-0.25, -0.2) is 4.79 Å². The number of fused-ring (bicyclic) bond motifs is 1. The largest absolute Gasteiger partial charge is 0.455 e. The van der Waals surface area contributed by atoms with Crippen LogP contribution in [-0.4, -0.2) is 11.7 Å². The first kappa shape index (κ1) is 22.9. The molecule has 0 atom stereocenters. The van der Waals surface area contributed by atoms with Crippen LogP contribution in [0.5, 0.6) is 0 Å². The zero-order valence-corrected chi connectivity index (χ0v) is 20.3. The van der Waals surface area contributed by atoms with E-state index in [1.807, 2.05) is 93.6 Å². The number of carbonyl (C=O) groups is 1. The zero-order valence-electron chi connectivity index (χ0n) is 20.3. The van der Waals surface area contributed by atoms with E-state index in [0.717, 1.165) is 36.0 Å². The molecule has 5 heteroatoms. The van der Waals surface area contributed by atoms with Crippen molar-refractivity contribution in [1.82, 2.24) is 5.32 Å². The summed E-state index contributed by atoms with van der Waals surface area (Å²) in [4.78, 5) is 26.0. The molecule has 0 saturated heterocycles. The molecule has 0 radical (unpaired) electrons. The van der Waals surface area contributed by atoms with Gasteiger partial charge in [-0.2, -0.15) is 0 Å². The summed E-state index contributed by atoms with van der Waals surface area (Å²) in [6.45, 7) is 5.57. The first-order valence-corrected chi connectivity index (χ1v) is 12.0. The fraction of sp³-hybridized carbons (Fsp3) is 0.267. The van der Waals surface area contributed by atoms with E-state index in [-0.39, 0.29) is 5.43 Å². The highest BCUT2D eigenvalue weighted by Crippen LogP contribution is 2.42. The smallest absolute Gasteiger partial charge is 0.408 e. The number of carbonyl (C=O) groups excluding carboxylic acids is 1. The van der Waals surface area contributed by atoms with Crippen LogP contribution in [0, 0.1) is 0 Å².